The molecule has 1 saturated heterocycles. The molecule has 0 aromatic heterocycles. The predicted octanol–water partition coefficient (Wildman–Crippen LogP) is 2.83. The van der Waals surface area contributed by atoms with Crippen LogP contribution >= 0.6 is 0 Å². The van der Waals surface area contributed by atoms with Crippen LogP contribution in [0.3, 0.4) is 0 Å². The van der Waals surface area contributed by atoms with Crippen molar-refractivity contribution < 1.29 is 9.59 Å². The van der Waals surface area contributed by atoms with Crippen LogP contribution in [0.1, 0.15) is 49.7 Å². The Morgan fingerprint density at radius 1 is 1.20 bits per heavy atom. The van der Waals surface area contributed by atoms with Gasteiger partial charge in [0.2, 0.25) is 11.8 Å². The summed E-state index contributed by atoms with van der Waals surface area (Å²) in [5.41, 5.74) is 2.55. The highest BCUT2D eigenvalue weighted by molar-refractivity contribution is 5.90. The van der Waals surface area contributed by atoms with E-state index in [4.69, 9.17) is 0 Å². The van der Waals surface area contributed by atoms with Gasteiger partial charge in [-0.25, -0.2) is 0 Å². The Morgan fingerprint density at radius 2 is 2.00 bits per heavy atom. The van der Waals surface area contributed by atoms with E-state index in [0.29, 0.717) is 5.92 Å². The third kappa shape index (κ3) is 3.88. The predicted molar refractivity (Wildman–Crippen MR) is 97.0 cm³/mol. The Kier molecular flexibility index (Phi) is 4.53. The standard InChI is InChI=1S/C21H28N2O2/c1-14-4-2-5-15(12-14)13-18(16-7-8-16)22-20(24)19-6-3-11-23(19)21(25)17-9-10-17/h2,4-5,12,16-19H,3,6-11,13H2,1H3,(H,22,24)/t18-,19+/m0/s1. The van der Waals surface area contributed by atoms with Crippen molar-refractivity contribution in [1.82, 2.24) is 10.2 Å². The topological polar surface area (TPSA) is 49.4 Å². The highest BCUT2D eigenvalue weighted by atomic mass is 16.2. The zero-order valence-corrected chi connectivity index (χ0v) is 15.0. The van der Waals surface area contributed by atoms with Gasteiger partial charge in [-0.3, -0.25) is 9.59 Å². The number of benzene rings is 1. The summed E-state index contributed by atoms with van der Waals surface area (Å²) >= 11 is 0. The second-order valence-corrected chi connectivity index (χ2v) is 8.11. The highest BCUT2D eigenvalue weighted by Gasteiger charge is 2.42. The fourth-order valence-corrected chi connectivity index (χ4v) is 4.07. The van der Waals surface area contributed by atoms with Gasteiger partial charge in [-0.1, -0.05) is 29.8 Å². The van der Waals surface area contributed by atoms with E-state index >= 15 is 0 Å². The van der Waals surface area contributed by atoms with Crippen LogP contribution in [0.5, 0.6) is 0 Å². The van der Waals surface area contributed by atoms with Crippen molar-refractivity contribution >= 4 is 11.8 Å². The van der Waals surface area contributed by atoms with Crippen LogP contribution in [0, 0.1) is 18.8 Å². The fourth-order valence-electron chi connectivity index (χ4n) is 4.07. The summed E-state index contributed by atoms with van der Waals surface area (Å²) in [5.74, 6) is 1.06. The van der Waals surface area contributed by atoms with E-state index in [9.17, 15) is 9.59 Å². The van der Waals surface area contributed by atoms with Crippen LogP contribution in [0.25, 0.3) is 0 Å². The third-order valence-electron chi connectivity index (χ3n) is 5.82. The molecule has 4 heteroatoms. The van der Waals surface area contributed by atoms with Gasteiger partial charge in [0, 0.05) is 18.5 Å². The molecule has 25 heavy (non-hydrogen) atoms. The van der Waals surface area contributed by atoms with Gasteiger partial charge < -0.3 is 10.2 Å². The first kappa shape index (κ1) is 16.6. The summed E-state index contributed by atoms with van der Waals surface area (Å²) < 4.78 is 0. The van der Waals surface area contributed by atoms with Crippen molar-refractivity contribution in [2.45, 2.75) is 64.0 Å². The average molecular weight is 340 g/mol. The van der Waals surface area contributed by atoms with Gasteiger partial charge in [0.1, 0.15) is 6.04 Å². The molecule has 1 aromatic rings. The zero-order valence-electron chi connectivity index (χ0n) is 15.0. The minimum absolute atomic E-state index is 0.0658. The molecule has 1 heterocycles. The number of rotatable bonds is 6. The van der Waals surface area contributed by atoms with E-state index in [0.717, 1.165) is 38.6 Å². The lowest BCUT2D eigenvalue weighted by atomic mass is 10.00. The molecule has 1 aromatic carbocycles. The quantitative estimate of drug-likeness (QED) is 0.866. The molecule has 2 amide bonds. The van der Waals surface area contributed by atoms with Crippen LogP contribution in [-0.4, -0.2) is 35.3 Å². The van der Waals surface area contributed by atoms with Crippen molar-refractivity contribution in [3.05, 3.63) is 35.4 Å². The lowest BCUT2D eigenvalue weighted by Crippen LogP contribution is -2.50. The Balaban J connectivity index is 1.41. The molecule has 2 aliphatic carbocycles. The molecule has 1 aliphatic heterocycles. The highest BCUT2D eigenvalue weighted by Crippen LogP contribution is 2.36. The van der Waals surface area contributed by atoms with Gasteiger partial charge in [-0.15, -0.1) is 0 Å². The molecule has 3 aliphatic rings. The smallest absolute Gasteiger partial charge is 0.243 e. The molecule has 0 radical (unpaired) electrons. The minimum atomic E-state index is -0.244. The number of hydrogen-bond acceptors (Lipinski definition) is 2. The van der Waals surface area contributed by atoms with Crippen LogP contribution in [0.4, 0.5) is 0 Å². The lowest BCUT2D eigenvalue weighted by Gasteiger charge is -2.27. The summed E-state index contributed by atoms with van der Waals surface area (Å²) in [6.07, 6.45) is 7.05. The number of aryl methyl sites for hydroxylation is 1. The van der Waals surface area contributed by atoms with E-state index in [1.807, 2.05) is 4.90 Å². The van der Waals surface area contributed by atoms with Crippen molar-refractivity contribution in [1.29, 1.82) is 0 Å². The number of nitrogens with zero attached hydrogens (tertiary/aromatic N) is 1. The van der Waals surface area contributed by atoms with Gasteiger partial charge in [-0.05, 0) is 63.4 Å². The second-order valence-electron chi connectivity index (χ2n) is 8.11. The second kappa shape index (κ2) is 6.81. The lowest BCUT2D eigenvalue weighted by molar-refractivity contribution is -0.139. The summed E-state index contributed by atoms with van der Waals surface area (Å²) in [4.78, 5) is 27.2. The van der Waals surface area contributed by atoms with Crippen LogP contribution < -0.4 is 5.32 Å². The maximum Gasteiger partial charge on any atom is 0.243 e. The van der Waals surface area contributed by atoms with Crippen molar-refractivity contribution in [3.8, 4) is 0 Å². The van der Waals surface area contributed by atoms with E-state index in [-0.39, 0.29) is 29.8 Å². The molecule has 4 nitrogen and oxygen atoms in total. The molecule has 0 spiro atoms. The van der Waals surface area contributed by atoms with Crippen LogP contribution in [-0.2, 0) is 16.0 Å². The Labute approximate surface area is 150 Å². The average Bonchev–Trinajstić information content (AvgIpc) is 3.50. The summed E-state index contributed by atoms with van der Waals surface area (Å²) in [7, 11) is 0. The Morgan fingerprint density at radius 3 is 2.68 bits per heavy atom. The first-order chi connectivity index (χ1) is 12.1. The van der Waals surface area contributed by atoms with Crippen molar-refractivity contribution in [2.24, 2.45) is 11.8 Å². The number of carbonyl (C=O) groups is 2. The maximum atomic E-state index is 12.9. The van der Waals surface area contributed by atoms with Gasteiger partial charge >= 0.3 is 0 Å². The first-order valence-corrected chi connectivity index (χ1v) is 9.78. The van der Waals surface area contributed by atoms with E-state index in [2.05, 4.69) is 36.5 Å². The van der Waals surface area contributed by atoms with Gasteiger partial charge in [-0.2, -0.15) is 0 Å². The van der Waals surface area contributed by atoms with E-state index in [1.165, 1.54) is 24.0 Å². The van der Waals surface area contributed by atoms with Crippen molar-refractivity contribution in [2.75, 3.05) is 6.54 Å². The van der Waals surface area contributed by atoms with E-state index < -0.39 is 0 Å². The molecule has 0 bridgehead atoms. The van der Waals surface area contributed by atoms with Crippen LogP contribution in [0.15, 0.2) is 24.3 Å². The van der Waals surface area contributed by atoms with Crippen molar-refractivity contribution in [3.63, 3.8) is 0 Å². The molecule has 2 atom stereocenters. The Bertz CT molecular complexity index is 664. The Hall–Kier alpha value is -1.84. The van der Waals surface area contributed by atoms with Gasteiger partial charge in [0.25, 0.3) is 0 Å². The normalized spacial score (nSPS) is 24.2. The molecule has 134 valence electrons. The summed E-state index contributed by atoms with van der Waals surface area (Å²) in [6, 6.07) is 8.50. The number of hydrogen-bond donors (Lipinski definition) is 1. The monoisotopic (exact) mass is 340 g/mol. The number of amides is 2. The number of likely N-dealkylation sites (tertiary alicyclic amines) is 1. The molecular weight excluding hydrogens is 312 g/mol. The first-order valence-electron chi connectivity index (χ1n) is 9.78. The number of nitrogens with one attached hydrogen (secondary N) is 1. The van der Waals surface area contributed by atoms with Gasteiger partial charge in [0.05, 0.1) is 0 Å². The maximum absolute atomic E-state index is 12.9. The molecule has 4 rings (SSSR count). The summed E-state index contributed by atoms with van der Waals surface area (Å²) in [6.45, 7) is 2.85. The van der Waals surface area contributed by atoms with Gasteiger partial charge in [0.15, 0.2) is 0 Å². The minimum Gasteiger partial charge on any atom is -0.351 e. The molecule has 0 unspecified atom stereocenters. The van der Waals surface area contributed by atoms with Crippen LogP contribution in [0.2, 0.25) is 0 Å². The third-order valence-corrected chi connectivity index (χ3v) is 5.82. The molecule has 2 saturated carbocycles. The molecular formula is C21H28N2O2. The van der Waals surface area contributed by atoms with E-state index in [1.54, 1.807) is 0 Å². The summed E-state index contributed by atoms with van der Waals surface area (Å²) in [5, 5.41) is 3.30. The molecule has 3 fully saturated rings. The largest absolute Gasteiger partial charge is 0.351 e. The zero-order chi connectivity index (χ0) is 17.4. The fraction of sp³-hybridized carbons (Fsp3) is 0.619. The SMILES string of the molecule is Cc1cccc(C[C@H](NC(=O)[C@H]2CCCN2C(=O)C2CC2)C2CC2)c1. The molecule has 1 N–H and O–H groups in total. The number of carbonyl (C=O) groups excluding carboxylic acids is 2.